The molecule has 5 nitrogen and oxygen atoms in total. The number of nitrogens with zero attached hydrogens (tertiary/aromatic N) is 2. The molecule has 0 radical (unpaired) electrons. The molecule has 1 atom stereocenters. The lowest BCUT2D eigenvalue weighted by atomic mass is 10.1. The highest BCUT2D eigenvalue weighted by Crippen LogP contribution is 2.30. The minimum atomic E-state index is -3.30. The highest BCUT2D eigenvalue weighted by atomic mass is 35.5. The van der Waals surface area contributed by atoms with Crippen LogP contribution in [0.1, 0.15) is 12.5 Å². The molecule has 0 aromatic heterocycles. The summed E-state index contributed by atoms with van der Waals surface area (Å²) in [7, 11) is -1.78. The molecule has 0 spiro atoms. The van der Waals surface area contributed by atoms with Crippen LogP contribution >= 0.6 is 11.6 Å². The Morgan fingerprint density at radius 2 is 1.91 bits per heavy atom. The number of benzene rings is 1. The zero-order chi connectivity index (χ0) is 16.3. The molecule has 0 amide bonds. The Bertz CT molecular complexity index is 593. The maximum atomic E-state index is 12.5. The molecule has 22 heavy (non-hydrogen) atoms. The van der Waals surface area contributed by atoms with Crippen molar-refractivity contribution in [2.45, 2.75) is 19.1 Å². The summed E-state index contributed by atoms with van der Waals surface area (Å²) in [4.78, 5) is 2.16. The molecule has 7 heteroatoms. The Balaban J connectivity index is 2.08. The van der Waals surface area contributed by atoms with Crippen molar-refractivity contribution in [2.75, 3.05) is 44.8 Å². The van der Waals surface area contributed by atoms with Gasteiger partial charge in [-0.15, -0.1) is 0 Å². The van der Waals surface area contributed by atoms with Crippen LogP contribution in [0.2, 0.25) is 5.02 Å². The molecule has 2 rings (SSSR count). The molecule has 1 aliphatic rings. The molecule has 124 valence electrons. The van der Waals surface area contributed by atoms with Crippen LogP contribution in [0.3, 0.4) is 0 Å². The van der Waals surface area contributed by atoms with Crippen molar-refractivity contribution in [3.8, 4) is 0 Å². The second-order valence-corrected chi connectivity index (χ2v) is 8.36. The molecule has 1 aromatic carbocycles. The van der Waals surface area contributed by atoms with Gasteiger partial charge < -0.3 is 9.64 Å². The van der Waals surface area contributed by atoms with Gasteiger partial charge in [0.05, 0.1) is 22.6 Å². The van der Waals surface area contributed by atoms with Crippen LogP contribution < -0.4 is 4.90 Å². The largest absolute Gasteiger partial charge is 0.383 e. The summed E-state index contributed by atoms with van der Waals surface area (Å²) in [5.41, 5.74) is 2.11. The van der Waals surface area contributed by atoms with E-state index in [2.05, 4.69) is 4.90 Å². The van der Waals surface area contributed by atoms with Crippen molar-refractivity contribution in [1.82, 2.24) is 4.31 Å². The standard InChI is InChI=1S/C15H23ClN2O3S/c1-12-5-4-6-14(16)15(12)17-7-9-18(10-8-17)22(19,20)13(2)11-21-3/h4-6,13H,7-11H2,1-3H3. The predicted octanol–water partition coefficient (Wildman–Crippen LogP) is 2.14. The number of hydrogen-bond donors (Lipinski definition) is 0. The highest BCUT2D eigenvalue weighted by Gasteiger charge is 2.32. The van der Waals surface area contributed by atoms with E-state index in [9.17, 15) is 8.42 Å². The van der Waals surface area contributed by atoms with E-state index in [4.69, 9.17) is 16.3 Å². The molecule has 1 saturated heterocycles. The zero-order valence-electron chi connectivity index (χ0n) is 13.3. The third-order valence-corrected chi connectivity index (χ3v) is 6.56. The van der Waals surface area contributed by atoms with Crippen LogP contribution in [-0.4, -0.2) is 57.9 Å². The first-order valence-electron chi connectivity index (χ1n) is 7.36. The number of piperazine rings is 1. The number of anilines is 1. The summed E-state index contributed by atoms with van der Waals surface area (Å²) in [5.74, 6) is 0. The SMILES string of the molecule is COCC(C)S(=O)(=O)N1CCN(c2c(C)cccc2Cl)CC1. The number of sulfonamides is 1. The Morgan fingerprint density at radius 1 is 1.27 bits per heavy atom. The van der Waals surface area contributed by atoms with Crippen molar-refractivity contribution in [3.05, 3.63) is 28.8 Å². The van der Waals surface area contributed by atoms with Crippen LogP contribution in [0.5, 0.6) is 0 Å². The second kappa shape index (κ2) is 7.17. The van der Waals surface area contributed by atoms with E-state index in [1.165, 1.54) is 7.11 Å². The third kappa shape index (κ3) is 3.56. The van der Waals surface area contributed by atoms with Gasteiger partial charge in [-0.05, 0) is 25.5 Å². The average molecular weight is 347 g/mol. The van der Waals surface area contributed by atoms with E-state index in [-0.39, 0.29) is 6.61 Å². The monoisotopic (exact) mass is 346 g/mol. The molecule has 0 N–H and O–H groups in total. The first-order valence-corrected chi connectivity index (χ1v) is 9.24. The van der Waals surface area contributed by atoms with E-state index < -0.39 is 15.3 Å². The summed E-state index contributed by atoms with van der Waals surface area (Å²) in [6.45, 7) is 6.15. The molecule has 1 aromatic rings. The van der Waals surface area contributed by atoms with Crippen LogP contribution in [0.15, 0.2) is 18.2 Å². The summed E-state index contributed by atoms with van der Waals surface area (Å²) >= 11 is 6.29. The smallest absolute Gasteiger partial charge is 0.219 e. The quantitative estimate of drug-likeness (QED) is 0.819. The van der Waals surface area contributed by atoms with Gasteiger partial charge in [0.1, 0.15) is 0 Å². The first kappa shape index (κ1) is 17.5. The molecule has 1 unspecified atom stereocenters. The van der Waals surface area contributed by atoms with Gasteiger partial charge in [-0.25, -0.2) is 8.42 Å². The van der Waals surface area contributed by atoms with Crippen LogP contribution in [0, 0.1) is 6.92 Å². The van der Waals surface area contributed by atoms with Gasteiger partial charge in [-0.1, -0.05) is 23.7 Å². The fourth-order valence-corrected chi connectivity index (χ4v) is 4.60. The Labute approximate surface area is 137 Å². The number of rotatable bonds is 5. The van der Waals surface area contributed by atoms with Gasteiger partial charge in [-0.2, -0.15) is 4.31 Å². The number of ether oxygens (including phenoxy) is 1. The minimum absolute atomic E-state index is 0.214. The second-order valence-electron chi connectivity index (χ2n) is 5.60. The lowest BCUT2D eigenvalue weighted by Gasteiger charge is -2.37. The average Bonchev–Trinajstić information content (AvgIpc) is 2.48. The lowest BCUT2D eigenvalue weighted by molar-refractivity contribution is 0.197. The van der Waals surface area contributed by atoms with Crippen molar-refractivity contribution in [1.29, 1.82) is 0 Å². The molecular formula is C15H23ClN2O3S. The van der Waals surface area contributed by atoms with Gasteiger partial charge in [-0.3, -0.25) is 0 Å². The Hall–Kier alpha value is -0.820. The van der Waals surface area contributed by atoms with Crippen molar-refractivity contribution in [2.24, 2.45) is 0 Å². The topological polar surface area (TPSA) is 49.9 Å². The fourth-order valence-electron chi connectivity index (χ4n) is 2.76. The number of para-hydroxylation sites is 1. The maximum Gasteiger partial charge on any atom is 0.219 e. The summed E-state index contributed by atoms with van der Waals surface area (Å²) in [6, 6.07) is 5.81. The summed E-state index contributed by atoms with van der Waals surface area (Å²) in [6.07, 6.45) is 0. The molecule has 0 saturated carbocycles. The van der Waals surface area contributed by atoms with Crippen LogP contribution in [-0.2, 0) is 14.8 Å². The van der Waals surface area contributed by atoms with E-state index in [1.54, 1.807) is 11.2 Å². The van der Waals surface area contributed by atoms with Gasteiger partial charge in [0, 0.05) is 33.3 Å². The first-order chi connectivity index (χ1) is 10.4. The summed E-state index contributed by atoms with van der Waals surface area (Å²) < 4.78 is 31.4. The van der Waals surface area contributed by atoms with E-state index in [1.807, 2.05) is 25.1 Å². The molecule has 1 aliphatic heterocycles. The highest BCUT2D eigenvalue weighted by molar-refractivity contribution is 7.89. The maximum absolute atomic E-state index is 12.5. The molecular weight excluding hydrogens is 324 g/mol. The number of halogens is 1. The number of methoxy groups -OCH3 is 1. The van der Waals surface area contributed by atoms with E-state index >= 15 is 0 Å². The van der Waals surface area contributed by atoms with E-state index in [0.717, 1.165) is 11.3 Å². The zero-order valence-corrected chi connectivity index (χ0v) is 14.8. The van der Waals surface area contributed by atoms with Gasteiger partial charge >= 0.3 is 0 Å². The molecule has 0 bridgehead atoms. The van der Waals surface area contributed by atoms with E-state index in [0.29, 0.717) is 31.2 Å². The van der Waals surface area contributed by atoms with Crippen LogP contribution in [0.4, 0.5) is 5.69 Å². The van der Waals surface area contributed by atoms with Crippen LogP contribution in [0.25, 0.3) is 0 Å². The normalized spacial score (nSPS) is 18.5. The van der Waals surface area contributed by atoms with Gasteiger partial charge in [0.2, 0.25) is 10.0 Å². The molecule has 0 aliphatic carbocycles. The third-order valence-electron chi connectivity index (χ3n) is 4.01. The van der Waals surface area contributed by atoms with Gasteiger partial charge in [0.25, 0.3) is 0 Å². The molecule has 1 fully saturated rings. The Morgan fingerprint density at radius 3 is 2.45 bits per heavy atom. The predicted molar refractivity (Wildman–Crippen MR) is 90.2 cm³/mol. The lowest BCUT2D eigenvalue weighted by Crippen LogP contribution is -2.51. The summed E-state index contributed by atoms with van der Waals surface area (Å²) in [5, 5.41) is 0.190. The van der Waals surface area contributed by atoms with Crippen molar-refractivity contribution < 1.29 is 13.2 Å². The van der Waals surface area contributed by atoms with Gasteiger partial charge in [0.15, 0.2) is 0 Å². The fraction of sp³-hybridized carbons (Fsp3) is 0.600. The minimum Gasteiger partial charge on any atom is -0.383 e. The van der Waals surface area contributed by atoms with Crippen molar-refractivity contribution >= 4 is 27.3 Å². The number of hydrogen-bond acceptors (Lipinski definition) is 4. The van der Waals surface area contributed by atoms with Crippen molar-refractivity contribution in [3.63, 3.8) is 0 Å². The Kier molecular flexibility index (Phi) is 5.71. The number of aryl methyl sites for hydroxylation is 1. The molecule has 1 heterocycles.